The average Bonchev–Trinajstić information content (AvgIpc) is 3.09. The van der Waals surface area contributed by atoms with Gasteiger partial charge in [-0.05, 0) is 97.5 Å². The molecule has 1 fully saturated rings. The first-order valence-corrected chi connectivity index (χ1v) is 13.2. The Labute approximate surface area is 226 Å². The maximum atomic E-state index is 13.3. The van der Waals surface area contributed by atoms with E-state index in [9.17, 15) is 22.7 Å². The highest BCUT2D eigenvalue weighted by atomic mass is 19.4. The third-order valence-corrected chi connectivity index (χ3v) is 7.94. The summed E-state index contributed by atoms with van der Waals surface area (Å²) >= 11 is 0. The molecule has 3 atom stereocenters. The standard InChI is InChI=1S/C30H33FN2O2.CHF3/c31-25-9-11-26(12-10-25)33-29-16-22-7-4-8-24-17-27(35-19-21-5-2-1-3-6-21)13-14-30(24,20-34)28(22)15-23(29)18-32;2-1(3)4/h1-3,5-6,9-12,15-16,18,24,27,32-34H,4,7-8,13-14,17,19-20H2;1H. The predicted molar refractivity (Wildman–Crippen MR) is 145 cm³/mol. The van der Waals surface area contributed by atoms with Crippen LogP contribution < -0.4 is 5.32 Å². The third-order valence-electron chi connectivity index (χ3n) is 7.94. The van der Waals surface area contributed by atoms with Gasteiger partial charge in [0.1, 0.15) is 5.82 Å². The lowest BCUT2D eigenvalue weighted by Crippen LogP contribution is -2.45. The molecule has 0 aromatic heterocycles. The van der Waals surface area contributed by atoms with Crippen molar-refractivity contribution in [2.24, 2.45) is 5.92 Å². The molecular formula is C31H34F4N2O2. The molecule has 0 spiro atoms. The second kappa shape index (κ2) is 13.2. The summed E-state index contributed by atoms with van der Waals surface area (Å²) in [6.07, 6.45) is 7.36. The van der Waals surface area contributed by atoms with Crippen LogP contribution in [0.1, 0.15) is 54.4 Å². The van der Waals surface area contributed by atoms with Crippen molar-refractivity contribution in [3.05, 3.63) is 94.8 Å². The zero-order chi connectivity index (χ0) is 27.8. The molecule has 208 valence electrons. The minimum absolute atomic E-state index is 0.109. The Kier molecular flexibility index (Phi) is 9.75. The summed E-state index contributed by atoms with van der Waals surface area (Å²) in [6, 6.07) is 20.8. The summed E-state index contributed by atoms with van der Waals surface area (Å²) in [5.74, 6) is 0.0711. The van der Waals surface area contributed by atoms with Crippen molar-refractivity contribution in [1.29, 1.82) is 5.41 Å². The number of aliphatic hydroxyl groups is 1. The van der Waals surface area contributed by atoms with Crippen LogP contribution >= 0.6 is 0 Å². The van der Waals surface area contributed by atoms with Gasteiger partial charge in [-0.3, -0.25) is 0 Å². The number of nitrogens with one attached hydrogen (secondary N) is 2. The first kappa shape index (κ1) is 28.8. The Morgan fingerprint density at radius 1 is 1.05 bits per heavy atom. The monoisotopic (exact) mass is 542 g/mol. The van der Waals surface area contributed by atoms with Gasteiger partial charge in [-0.15, -0.1) is 0 Å². The molecular weight excluding hydrogens is 508 g/mol. The molecule has 5 rings (SSSR count). The number of alkyl halides is 3. The van der Waals surface area contributed by atoms with Crippen LogP contribution in [-0.4, -0.2) is 30.7 Å². The van der Waals surface area contributed by atoms with Crippen LogP contribution in [0.4, 0.5) is 28.9 Å². The molecule has 3 aromatic rings. The van der Waals surface area contributed by atoms with Crippen LogP contribution in [0.25, 0.3) is 0 Å². The summed E-state index contributed by atoms with van der Waals surface area (Å²) in [5.41, 5.74) is 5.72. The average molecular weight is 543 g/mol. The molecule has 0 heterocycles. The molecule has 2 aliphatic rings. The zero-order valence-electron chi connectivity index (χ0n) is 21.7. The highest BCUT2D eigenvalue weighted by Gasteiger charge is 2.46. The Morgan fingerprint density at radius 2 is 1.77 bits per heavy atom. The Morgan fingerprint density at radius 3 is 2.44 bits per heavy atom. The van der Waals surface area contributed by atoms with Gasteiger partial charge >= 0.3 is 6.68 Å². The van der Waals surface area contributed by atoms with Crippen molar-refractivity contribution in [3.63, 3.8) is 0 Å². The van der Waals surface area contributed by atoms with Crippen molar-refractivity contribution in [1.82, 2.24) is 0 Å². The second-order valence-electron chi connectivity index (χ2n) is 10.2. The van der Waals surface area contributed by atoms with E-state index in [0.717, 1.165) is 55.5 Å². The van der Waals surface area contributed by atoms with E-state index in [2.05, 4.69) is 29.6 Å². The second-order valence-corrected chi connectivity index (χ2v) is 10.2. The van der Waals surface area contributed by atoms with Crippen LogP contribution in [0.15, 0.2) is 66.7 Å². The van der Waals surface area contributed by atoms with Gasteiger partial charge in [0, 0.05) is 28.6 Å². The summed E-state index contributed by atoms with van der Waals surface area (Å²) < 4.78 is 48.7. The Hall–Kier alpha value is -3.23. The van der Waals surface area contributed by atoms with E-state index < -0.39 is 6.68 Å². The minimum Gasteiger partial charge on any atom is -0.395 e. The number of ether oxygens (including phenoxy) is 1. The Balaban J connectivity index is 0.000000826. The lowest BCUT2D eigenvalue weighted by molar-refractivity contribution is -0.0352. The van der Waals surface area contributed by atoms with E-state index in [1.54, 1.807) is 12.1 Å². The van der Waals surface area contributed by atoms with Gasteiger partial charge in [0.05, 0.1) is 19.3 Å². The van der Waals surface area contributed by atoms with E-state index >= 15 is 0 Å². The van der Waals surface area contributed by atoms with E-state index in [4.69, 9.17) is 10.1 Å². The van der Waals surface area contributed by atoms with Gasteiger partial charge in [0.25, 0.3) is 0 Å². The van der Waals surface area contributed by atoms with Gasteiger partial charge in [-0.25, -0.2) is 4.39 Å². The van der Waals surface area contributed by atoms with E-state index in [1.807, 2.05) is 18.2 Å². The normalized spacial score (nSPS) is 22.1. The third kappa shape index (κ3) is 7.05. The number of aliphatic hydroxyl groups excluding tert-OH is 1. The van der Waals surface area contributed by atoms with Crippen LogP contribution in [-0.2, 0) is 23.2 Å². The summed E-state index contributed by atoms with van der Waals surface area (Å²) in [6.45, 7) is -2.93. The van der Waals surface area contributed by atoms with Gasteiger partial charge in [0.15, 0.2) is 0 Å². The molecule has 0 bridgehead atoms. The number of anilines is 2. The quantitative estimate of drug-likeness (QED) is 0.212. The first-order valence-electron chi connectivity index (χ1n) is 13.2. The van der Waals surface area contributed by atoms with Gasteiger partial charge in [-0.1, -0.05) is 30.3 Å². The molecule has 1 saturated carbocycles. The number of aryl methyl sites for hydroxylation is 1. The molecule has 2 aliphatic carbocycles. The number of hydrogen-bond acceptors (Lipinski definition) is 4. The summed E-state index contributed by atoms with van der Waals surface area (Å²) in [4.78, 5) is 0. The van der Waals surface area contributed by atoms with Crippen LogP contribution in [0.5, 0.6) is 0 Å². The fourth-order valence-electron chi connectivity index (χ4n) is 6.05. The molecule has 3 aromatic carbocycles. The highest BCUT2D eigenvalue weighted by Crippen LogP contribution is 2.50. The van der Waals surface area contributed by atoms with Crippen LogP contribution in [0, 0.1) is 17.1 Å². The number of benzene rings is 3. The smallest absolute Gasteiger partial charge is 0.379 e. The largest absolute Gasteiger partial charge is 0.395 e. The first-order chi connectivity index (χ1) is 18.8. The fraction of sp³-hybridized carbons (Fsp3) is 0.387. The van der Waals surface area contributed by atoms with Gasteiger partial charge < -0.3 is 20.6 Å². The van der Waals surface area contributed by atoms with Crippen LogP contribution in [0.2, 0.25) is 0 Å². The van der Waals surface area contributed by atoms with Gasteiger partial charge in [-0.2, -0.15) is 13.2 Å². The van der Waals surface area contributed by atoms with Crippen molar-refractivity contribution in [3.8, 4) is 0 Å². The van der Waals surface area contributed by atoms with E-state index in [-0.39, 0.29) is 23.9 Å². The van der Waals surface area contributed by atoms with Crippen molar-refractivity contribution < 1.29 is 27.4 Å². The molecule has 39 heavy (non-hydrogen) atoms. The maximum absolute atomic E-state index is 13.3. The molecule has 0 saturated heterocycles. The molecule has 3 N–H and O–H groups in total. The lowest BCUT2D eigenvalue weighted by atomic mass is 9.61. The number of rotatable bonds is 7. The van der Waals surface area contributed by atoms with Crippen molar-refractivity contribution >= 4 is 17.6 Å². The molecule has 8 heteroatoms. The highest BCUT2D eigenvalue weighted by molar-refractivity contribution is 5.88. The molecule has 0 aliphatic heterocycles. The Bertz CT molecular complexity index is 1220. The topological polar surface area (TPSA) is 65.3 Å². The zero-order valence-corrected chi connectivity index (χ0v) is 21.7. The van der Waals surface area contributed by atoms with Gasteiger partial charge in [0.2, 0.25) is 0 Å². The minimum atomic E-state index is -3.67. The van der Waals surface area contributed by atoms with E-state index in [0.29, 0.717) is 12.5 Å². The van der Waals surface area contributed by atoms with Crippen LogP contribution in [0.3, 0.4) is 0 Å². The van der Waals surface area contributed by atoms with Crippen molar-refractivity contribution in [2.75, 3.05) is 11.9 Å². The summed E-state index contributed by atoms with van der Waals surface area (Å²) in [7, 11) is 0. The molecule has 0 amide bonds. The molecule has 0 radical (unpaired) electrons. The van der Waals surface area contributed by atoms with Crippen molar-refractivity contribution in [2.45, 2.75) is 63.3 Å². The summed E-state index contributed by atoms with van der Waals surface area (Å²) in [5, 5.41) is 22.2. The number of hydrogen-bond donors (Lipinski definition) is 3. The SMILES string of the molecule is FC(F)F.N=Cc1cc2c(cc1Nc1ccc(F)cc1)CCCC1CC(OCc3ccccc3)CCC21CO. The molecule has 4 nitrogen and oxygen atoms in total. The number of halogens is 4. The lowest BCUT2D eigenvalue weighted by Gasteiger charge is -2.46. The number of fused-ring (bicyclic) bond motifs is 3. The maximum Gasteiger partial charge on any atom is 0.379 e. The fourth-order valence-corrected chi connectivity index (χ4v) is 6.05. The van der Waals surface area contributed by atoms with E-state index in [1.165, 1.54) is 35.0 Å². The molecule has 3 unspecified atom stereocenters. The predicted octanol–water partition coefficient (Wildman–Crippen LogP) is 7.70.